The van der Waals surface area contributed by atoms with Crippen molar-refractivity contribution in [3.05, 3.63) is 0 Å². The minimum absolute atomic E-state index is 0.280. The lowest BCUT2D eigenvalue weighted by molar-refractivity contribution is -0.0719. The van der Waals surface area contributed by atoms with Gasteiger partial charge in [-0.05, 0) is 64.2 Å². The van der Waals surface area contributed by atoms with Gasteiger partial charge in [0.25, 0.3) is 0 Å². The summed E-state index contributed by atoms with van der Waals surface area (Å²) in [5.74, 6) is 2.28. The molecule has 0 spiro atoms. The second-order valence-electron chi connectivity index (χ2n) is 8.55. The fraction of sp³-hybridized carbons (Fsp3) is 0.944. The van der Waals surface area contributed by atoms with Crippen LogP contribution in [0, 0.1) is 17.8 Å². The summed E-state index contributed by atoms with van der Waals surface area (Å²) in [6.45, 7) is 7.01. The molecule has 1 aliphatic heterocycles. The van der Waals surface area contributed by atoms with Crippen LogP contribution in [0.5, 0.6) is 0 Å². The number of aliphatic hydroxyl groups excluding tert-OH is 1. The van der Waals surface area contributed by atoms with Gasteiger partial charge in [0, 0.05) is 6.54 Å². The van der Waals surface area contributed by atoms with Gasteiger partial charge in [-0.2, -0.15) is 0 Å². The second kappa shape index (κ2) is 6.60. The first-order chi connectivity index (χ1) is 10.8. The largest absolute Gasteiger partial charge is 0.444 e. The molecule has 0 aromatic rings. The number of carbonyl (C=O) groups excluding carboxylic acids is 1. The van der Waals surface area contributed by atoms with E-state index >= 15 is 0 Å². The Hall–Kier alpha value is -0.810. The van der Waals surface area contributed by atoms with Crippen LogP contribution in [-0.2, 0) is 9.47 Å². The third-order valence-electron chi connectivity index (χ3n) is 5.67. The van der Waals surface area contributed by atoms with Crippen molar-refractivity contribution < 1.29 is 19.4 Å². The van der Waals surface area contributed by atoms with Crippen molar-refractivity contribution in [1.82, 2.24) is 4.90 Å². The van der Waals surface area contributed by atoms with Crippen LogP contribution in [0.2, 0.25) is 0 Å². The Kier molecular flexibility index (Phi) is 4.88. The molecule has 0 aromatic carbocycles. The molecule has 2 aliphatic carbocycles. The molecule has 1 heterocycles. The monoisotopic (exact) mass is 325 g/mol. The van der Waals surface area contributed by atoms with Crippen LogP contribution < -0.4 is 0 Å². The van der Waals surface area contributed by atoms with Crippen LogP contribution in [0.3, 0.4) is 0 Å². The van der Waals surface area contributed by atoms with E-state index in [4.69, 9.17) is 9.47 Å². The van der Waals surface area contributed by atoms with Crippen molar-refractivity contribution in [2.45, 2.75) is 70.6 Å². The van der Waals surface area contributed by atoms with Crippen LogP contribution in [0.1, 0.15) is 52.9 Å². The molecule has 2 saturated carbocycles. The zero-order chi connectivity index (χ0) is 16.6. The second-order valence-corrected chi connectivity index (χ2v) is 8.55. The van der Waals surface area contributed by atoms with Crippen molar-refractivity contribution in [2.24, 2.45) is 17.8 Å². The van der Waals surface area contributed by atoms with E-state index in [1.54, 1.807) is 4.90 Å². The summed E-state index contributed by atoms with van der Waals surface area (Å²) >= 11 is 0. The third kappa shape index (κ3) is 4.00. The molecule has 5 nitrogen and oxygen atoms in total. The average molecular weight is 325 g/mol. The lowest BCUT2D eigenvalue weighted by Gasteiger charge is -2.40. The molecule has 5 unspecified atom stereocenters. The van der Waals surface area contributed by atoms with E-state index in [9.17, 15) is 9.90 Å². The molecule has 3 aliphatic rings. The summed E-state index contributed by atoms with van der Waals surface area (Å²) in [4.78, 5) is 14.1. The highest BCUT2D eigenvalue weighted by Gasteiger charge is 2.42. The summed E-state index contributed by atoms with van der Waals surface area (Å²) in [5, 5.41) is 10.8. The Bertz CT molecular complexity index is 433. The molecular formula is C18H31NO4. The minimum atomic E-state index is -0.521. The summed E-state index contributed by atoms with van der Waals surface area (Å²) in [6, 6.07) is -0.280. The number of fused-ring (bicyclic) bond motifs is 2. The van der Waals surface area contributed by atoms with Crippen molar-refractivity contribution in [3.63, 3.8) is 0 Å². The number of aliphatic hydroxyl groups is 1. The molecule has 23 heavy (non-hydrogen) atoms. The highest BCUT2D eigenvalue weighted by molar-refractivity contribution is 5.68. The van der Waals surface area contributed by atoms with Gasteiger partial charge in [-0.15, -0.1) is 0 Å². The van der Waals surface area contributed by atoms with Crippen LogP contribution in [0.25, 0.3) is 0 Å². The molecular weight excluding hydrogens is 294 g/mol. The van der Waals surface area contributed by atoms with Crippen molar-refractivity contribution >= 4 is 6.09 Å². The molecule has 0 aromatic heterocycles. The van der Waals surface area contributed by atoms with Gasteiger partial charge >= 0.3 is 6.09 Å². The Morgan fingerprint density at radius 3 is 2.74 bits per heavy atom. The van der Waals surface area contributed by atoms with E-state index in [0.717, 1.165) is 18.3 Å². The smallest absolute Gasteiger partial charge is 0.410 e. The normalized spacial score (nSPS) is 35.4. The molecule has 5 heteroatoms. The third-order valence-corrected chi connectivity index (χ3v) is 5.67. The summed E-state index contributed by atoms with van der Waals surface area (Å²) in [6.07, 6.45) is 5.21. The van der Waals surface area contributed by atoms with Crippen LogP contribution >= 0.6 is 0 Å². The Morgan fingerprint density at radius 1 is 1.35 bits per heavy atom. The fourth-order valence-corrected chi connectivity index (χ4v) is 4.62. The van der Waals surface area contributed by atoms with E-state index < -0.39 is 11.7 Å². The first-order valence-electron chi connectivity index (χ1n) is 9.09. The van der Waals surface area contributed by atoms with Crippen LogP contribution in [0.4, 0.5) is 4.79 Å². The van der Waals surface area contributed by atoms with E-state index in [-0.39, 0.29) is 12.1 Å². The summed E-state index contributed by atoms with van der Waals surface area (Å²) in [5.41, 5.74) is -0.518. The highest BCUT2D eigenvalue weighted by atomic mass is 16.6. The van der Waals surface area contributed by atoms with Crippen molar-refractivity contribution in [1.29, 1.82) is 0 Å². The quantitative estimate of drug-likeness (QED) is 0.867. The van der Waals surface area contributed by atoms with Crippen LogP contribution in [-0.4, -0.2) is 53.6 Å². The SMILES string of the molecule is CC(C)(C)OC(=O)N1CCOCC1C(O)CC1CC2CCC1C2. The lowest BCUT2D eigenvalue weighted by Crippen LogP contribution is -2.55. The maximum atomic E-state index is 12.4. The van der Waals surface area contributed by atoms with E-state index in [2.05, 4.69) is 0 Å². The number of carbonyl (C=O) groups is 1. The van der Waals surface area contributed by atoms with Crippen molar-refractivity contribution in [2.75, 3.05) is 19.8 Å². The van der Waals surface area contributed by atoms with Gasteiger partial charge in [-0.3, -0.25) is 4.90 Å². The number of rotatable bonds is 3. The zero-order valence-electron chi connectivity index (χ0n) is 14.7. The zero-order valence-corrected chi connectivity index (χ0v) is 14.7. The maximum absolute atomic E-state index is 12.4. The lowest BCUT2D eigenvalue weighted by atomic mass is 9.83. The van der Waals surface area contributed by atoms with Gasteiger partial charge in [0.1, 0.15) is 5.60 Å². The van der Waals surface area contributed by atoms with E-state index in [1.165, 1.54) is 25.7 Å². The molecule has 132 valence electrons. The Balaban J connectivity index is 1.60. The average Bonchev–Trinajstić information content (AvgIpc) is 3.08. The van der Waals surface area contributed by atoms with Crippen LogP contribution in [0.15, 0.2) is 0 Å². The number of hydrogen-bond donors (Lipinski definition) is 1. The predicted octanol–water partition coefficient (Wildman–Crippen LogP) is 2.81. The standard InChI is InChI=1S/C18H31NO4/c1-18(2,3)23-17(21)19-6-7-22-11-15(19)16(20)10-14-9-12-4-5-13(14)8-12/h12-16,20H,4-11H2,1-3H3. The minimum Gasteiger partial charge on any atom is -0.444 e. The molecule has 2 bridgehead atoms. The van der Waals surface area contributed by atoms with Gasteiger partial charge < -0.3 is 14.6 Å². The molecule has 1 N–H and O–H groups in total. The number of nitrogens with zero attached hydrogens (tertiary/aromatic N) is 1. The Morgan fingerprint density at radius 2 is 2.13 bits per heavy atom. The topological polar surface area (TPSA) is 59.0 Å². The fourth-order valence-electron chi connectivity index (χ4n) is 4.62. The first-order valence-corrected chi connectivity index (χ1v) is 9.09. The Labute approximate surface area is 139 Å². The molecule has 1 saturated heterocycles. The van der Waals surface area contributed by atoms with Crippen molar-refractivity contribution in [3.8, 4) is 0 Å². The molecule has 0 radical (unpaired) electrons. The van der Waals surface area contributed by atoms with Gasteiger partial charge in [0.2, 0.25) is 0 Å². The van der Waals surface area contributed by atoms with E-state index in [1.807, 2.05) is 20.8 Å². The van der Waals surface area contributed by atoms with Gasteiger partial charge in [-0.25, -0.2) is 4.79 Å². The number of morpholine rings is 1. The summed E-state index contributed by atoms with van der Waals surface area (Å²) in [7, 11) is 0. The van der Waals surface area contributed by atoms with Gasteiger partial charge in [-0.1, -0.05) is 6.42 Å². The maximum Gasteiger partial charge on any atom is 0.410 e. The van der Waals surface area contributed by atoms with E-state index in [0.29, 0.717) is 25.7 Å². The number of ether oxygens (including phenoxy) is 2. The number of amides is 1. The first kappa shape index (κ1) is 17.0. The molecule has 3 fully saturated rings. The van der Waals surface area contributed by atoms with Gasteiger partial charge in [0.05, 0.1) is 25.4 Å². The molecule has 1 amide bonds. The summed E-state index contributed by atoms with van der Waals surface area (Å²) < 4.78 is 11.0. The molecule has 3 rings (SSSR count). The highest BCUT2D eigenvalue weighted by Crippen LogP contribution is 2.50. The molecule has 5 atom stereocenters. The number of hydrogen-bond acceptors (Lipinski definition) is 4. The van der Waals surface area contributed by atoms with Gasteiger partial charge in [0.15, 0.2) is 0 Å². The predicted molar refractivity (Wildman–Crippen MR) is 87.1 cm³/mol.